The standard InChI is InChI=1S/C32H25FN4O5S/c33-26-14-21(17-34)6-9-24(26)19-42-31-3-1-2-27(36-31)22-7-4-20(5-8-22)15-30-35-28-11-10-23(32(38)39)16-29(28)37(30)18-25-12-13-43(25,40)41/h1-11,14,16,25H,12-13,15,18-19H2,(H,38,39). The molecule has 1 unspecified atom stereocenters. The van der Waals surface area contributed by atoms with Crippen LogP contribution in [0.5, 0.6) is 5.88 Å². The number of ether oxygens (including phenoxy) is 1. The first-order valence-corrected chi connectivity index (χ1v) is 15.2. The largest absolute Gasteiger partial charge is 0.478 e. The number of nitriles is 1. The highest BCUT2D eigenvalue weighted by atomic mass is 32.2. The fourth-order valence-corrected chi connectivity index (χ4v) is 6.38. The number of pyridine rings is 1. The summed E-state index contributed by atoms with van der Waals surface area (Å²) in [4.78, 5) is 20.9. The second kappa shape index (κ2) is 11.3. The molecule has 0 spiro atoms. The van der Waals surface area contributed by atoms with Gasteiger partial charge < -0.3 is 14.4 Å². The summed E-state index contributed by atoms with van der Waals surface area (Å²) in [5, 5.41) is 17.9. The third-order valence-electron chi connectivity index (χ3n) is 7.59. The molecule has 3 aromatic carbocycles. The van der Waals surface area contributed by atoms with E-state index in [1.54, 1.807) is 24.3 Å². The van der Waals surface area contributed by atoms with Crippen molar-refractivity contribution in [3.8, 4) is 23.2 Å². The molecule has 1 N–H and O–H groups in total. The van der Waals surface area contributed by atoms with Crippen LogP contribution in [0.4, 0.5) is 4.39 Å². The van der Waals surface area contributed by atoms with Crippen molar-refractivity contribution >= 4 is 26.8 Å². The molecule has 11 heteroatoms. The molecule has 1 atom stereocenters. The maximum atomic E-state index is 14.2. The van der Waals surface area contributed by atoms with E-state index in [1.807, 2.05) is 41.0 Å². The molecule has 1 saturated heterocycles. The number of hydrogen-bond donors (Lipinski definition) is 1. The van der Waals surface area contributed by atoms with Crippen molar-refractivity contribution in [2.24, 2.45) is 0 Å². The summed E-state index contributed by atoms with van der Waals surface area (Å²) in [5.41, 5.74) is 4.29. The first-order valence-electron chi connectivity index (χ1n) is 13.5. The SMILES string of the molecule is N#Cc1ccc(COc2cccc(-c3ccc(Cc4nc5ccc(C(=O)O)cc5n4CC4CCS4(=O)=O)cc3)n2)c(F)c1. The summed E-state index contributed by atoms with van der Waals surface area (Å²) >= 11 is 0. The Morgan fingerprint density at radius 2 is 1.88 bits per heavy atom. The topological polar surface area (TPSA) is 135 Å². The van der Waals surface area contributed by atoms with Gasteiger partial charge in [-0.1, -0.05) is 36.4 Å². The summed E-state index contributed by atoms with van der Waals surface area (Å²) in [6.45, 7) is 0.183. The number of nitrogens with zero attached hydrogens (tertiary/aromatic N) is 4. The fraction of sp³-hybridized carbons (Fsp3) is 0.188. The van der Waals surface area contributed by atoms with E-state index in [0.29, 0.717) is 46.8 Å². The van der Waals surface area contributed by atoms with Gasteiger partial charge >= 0.3 is 5.97 Å². The lowest BCUT2D eigenvalue weighted by atomic mass is 10.1. The van der Waals surface area contributed by atoms with Gasteiger partial charge in [0.2, 0.25) is 5.88 Å². The third kappa shape index (κ3) is 5.82. The minimum absolute atomic E-state index is 0.0376. The van der Waals surface area contributed by atoms with Crippen molar-refractivity contribution in [3.63, 3.8) is 0 Å². The van der Waals surface area contributed by atoms with Crippen LogP contribution in [0.1, 0.15) is 39.3 Å². The molecule has 0 radical (unpaired) electrons. The smallest absolute Gasteiger partial charge is 0.335 e. The van der Waals surface area contributed by atoms with Crippen LogP contribution in [0, 0.1) is 17.1 Å². The molecule has 1 fully saturated rings. The second-order valence-corrected chi connectivity index (χ2v) is 12.8. The molecule has 3 heterocycles. The molecular weight excluding hydrogens is 571 g/mol. The van der Waals surface area contributed by atoms with Gasteiger partial charge in [-0.2, -0.15) is 5.26 Å². The number of fused-ring (bicyclic) bond motifs is 1. The van der Waals surface area contributed by atoms with Gasteiger partial charge in [-0.3, -0.25) is 0 Å². The zero-order valence-electron chi connectivity index (χ0n) is 22.8. The highest BCUT2D eigenvalue weighted by molar-refractivity contribution is 7.93. The van der Waals surface area contributed by atoms with Crippen molar-refractivity contribution in [2.75, 3.05) is 5.75 Å². The Hall–Kier alpha value is -5.08. The molecule has 5 aromatic rings. The summed E-state index contributed by atoms with van der Waals surface area (Å²) in [7, 11) is -3.16. The Kier molecular flexibility index (Phi) is 7.38. The van der Waals surface area contributed by atoms with Gasteiger partial charge in [0.05, 0.1) is 44.9 Å². The Morgan fingerprint density at radius 1 is 1.07 bits per heavy atom. The van der Waals surface area contributed by atoms with Crippen molar-refractivity contribution in [1.29, 1.82) is 5.26 Å². The maximum absolute atomic E-state index is 14.2. The molecule has 0 bridgehead atoms. The van der Waals surface area contributed by atoms with Crippen LogP contribution in [0.25, 0.3) is 22.3 Å². The third-order valence-corrected chi connectivity index (χ3v) is 9.79. The molecule has 0 saturated carbocycles. The number of sulfone groups is 1. The Bertz CT molecular complexity index is 2020. The van der Waals surface area contributed by atoms with Gasteiger partial charge in [-0.25, -0.2) is 27.6 Å². The molecule has 1 aliphatic rings. The molecule has 0 aliphatic carbocycles. The normalized spacial score (nSPS) is 15.5. The zero-order chi connectivity index (χ0) is 30.1. The van der Waals surface area contributed by atoms with E-state index >= 15 is 0 Å². The molecule has 6 rings (SSSR count). The molecule has 216 valence electrons. The van der Waals surface area contributed by atoms with E-state index in [-0.39, 0.29) is 30.0 Å². The lowest BCUT2D eigenvalue weighted by Gasteiger charge is -2.27. The molecule has 0 amide bonds. The lowest BCUT2D eigenvalue weighted by molar-refractivity contribution is 0.0697. The van der Waals surface area contributed by atoms with Crippen LogP contribution in [-0.2, 0) is 29.4 Å². The Morgan fingerprint density at radius 3 is 2.56 bits per heavy atom. The maximum Gasteiger partial charge on any atom is 0.335 e. The van der Waals surface area contributed by atoms with Crippen LogP contribution < -0.4 is 4.74 Å². The minimum Gasteiger partial charge on any atom is -0.478 e. The number of carboxylic acids is 1. The molecule has 1 aliphatic heterocycles. The van der Waals surface area contributed by atoms with E-state index < -0.39 is 26.9 Å². The van der Waals surface area contributed by atoms with Gasteiger partial charge in [0.1, 0.15) is 18.2 Å². The number of hydrogen-bond acceptors (Lipinski definition) is 7. The highest BCUT2D eigenvalue weighted by Crippen LogP contribution is 2.28. The average molecular weight is 597 g/mol. The number of benzene rings is 3. The monoisotopic (exact) mass is 596 g/mol. The van der Waals surface area contributed by atoms with Crippen LogP contribution >= 0.6 is 0 Å². The molecular formula is C32H25FN4O5S. The Labute approximate surface area is 246 Å². The van der Waals surface area contributed by atoms with E-state index in [4.69, 9.17) is 15.0 Å². The molecule has 2 aromatic heterocycles. The Balaban J connectivity index is 1.21. The number of aromatic nitrogens is 3. The average Bonchev–Trinajstić information content (AvgIpc) is 3.34. The number of carboxylic acid groups (broad SMARTS) is 1. The lowest BCUT2D eigenvalue weighted by Crippen LogP contribution is -2.40. The number of imidazole rings is 1. The summed E-state index contributed by atoms with van der Waals surface area (Å²) in [5.74, 6) is -0.446. The van der Waals surface area contributed by atoms with Crippen molar-refractivity contribution in [2.45, 2.75) is 31.2 Å². The number of aromatic carboxylic acids is 1. The van der Waals surface area contributed by atoms with E-state index in [9.17, 15) is 22.7 Å². The van der Waals surface area contributed by atoms with E-state index in [1.165, 1.54) is 24.3 Å². The van der Waals surface area contributed by atoms with Gasteiger partial charge in [0.25, 0.3) is 0 Å². The van der Waals surface area contributed by atoms with Crippen LogP contribution in [-0.4, -0.2) is 45.0 Å². The van der Waals surface area contributed by atoms with Crippen molar-refractivity contribution in [1.82, 2.24) is 14.5 Å². The van der Waals surface area contributed by atoms with Crippen molar-refractivity contribution in [3.05, 3.63) is 113 Å². The van der Waals surface area contributed by atoms with Crippen molar-refractivity contribution < 1.29 is 27.4 Å². The second-order valence-electron chi connectivity index (χ2n) is 10.4. The predicted molar refractivity (Wildman–Crippen MR) is 157 cm³/mol. The van der Waals surface area contributed by atoms with Gasteiger partial charge in [-0.15, -0.1) is 0 Å². The van der Waals surface area contributed by atoms with Crippen LogP contribution in [0.15, 0.2) is 78.9 Å². The summed E-state index contributed by atoms with van der Waals surface area (Å²) < 4.78 is 46.4. The number of halogens is 1. The highest BCUT2D eigenvalue weighted by Gasteiger charge is 2.36. The molecule has 9 nitrogen and oxygen atoms in total. The van der Waals surface area contributed by atoms with E-state index in [2.05, 4.69) is 4.98 Å². The van der Waals surface area contributed by atoms with Crippen LogP contribution in [0.3, 0.4) is 0 Å². The quantitative estimate of drug-likeness (QED) is 0.246. The predicted octanol–water partition coefficient (Wildman–Crippen LogP) is 5.16. The summed E-state index contributed by atoms with van der Waals surface area (Å²) in [6.07, 6.45) is 0.976. The van der Waals surface area contributed by atoms with Gasteiger partial charge in [0.15, 0.2) is 9.84 Å². The van der Waals surface area contributed by atoms with Gasteiger partial charge in [-0.05, 0) is 48.4 Å². The molecule has 43 heavy (non-hydrogen) atoms. The van der Waals surface area contributed by atoms with Gasteiger partial charge in [0, 0.05) is 30.2 Å². The number of carbonyl (C=O) groups is 1. The fourth-order valence-electron chi connectivity index (χ4n) is 5.05. The first kappa shape index (κ1) is 28.1. The van der Waals surface area contributed by atoms with E-state index in [0.717, 1.165) is 11.1 Å². The number of rotatable bonds is 9. The first-order chi connectivity index (χ1) is 20.7. The minimum atomic E-state index is -3.16. The van der Waals surface area contributed by atoms with Crippen LogP contribution in [0.2, 0.25) is 0 Å². The summed E-state index contributed by atoms with van der Waals surface area (Å²) in [6, 6.07) is 23.8. The zero-order valence-corrected chi connectivity index (χ0v) is 23.6.